The molecule has 134 valence electrons. The van der Waals surface area contributed by atoms with Crippen LogP contribution >= 0.6 is 12.2 Å². The number of nitrogens with one attached hydrogen (secondary N) is 1. The predicted octanol–water partition coefficient (Wildman–Crippen LogP) is 4.15. The van der Waals surface area contributed by atoms with Crippen LogP contribution in [-0.2, 0) is 0 Å². The molecule has 1 aliphatic carbocycles. The lowest BCUT2D eigenvalue weighted by Gasteiger charge is -1.98. The number of H-pyrrole nitrogens is 1. The Labute approximate surface area is 160 Å². The summed E-state index contributed by atoms with van der Waals surface area (Å²) in [6.07, 6.45) is 7.56. The zero-order valence-corrected chi connectivity index (χ0v) is 15.1. The Morgan fingerprint density at radius 2 is 2.04 bits per heavy atom. The molecule has 3 heterocycles. The molecule has 1 aromatic carbocycles. The average molecular weight is 376 g/mol. The predicted molar refractivity (Wildman–Crippen MR) is 104 cm³/mol. The number of rotatable bonds is 5. The van der Waals surface area contributed by atoms with Crippen LogP contribution in [0.5, 0.6) is 0 Å². The van der Waals surface area contributed by atoms with E-state index in [2.05, 4.69) is 20.4 Å². The summed E-state index contributed by atoms with van der Waals surface area (Å²) in [6.45, 7) is 0. The van der Waals surface area contributed by atoms with Crippen LogP contribution in [-0.4, -0.2) is 30.9 Å². The van der Waals surface area contributed by atoms with E-state index in [-0.39, 0.29) is 0 Å². The first kappa shape index (κ1) is 16.0. The normalized spacial score (nSPS) is 14.2. The van der Waals surface area contributed by atoms with E-state index in [4.69, 9.17) is 16.6 Å². The number of hydrogen-bond acceptors (Lipinski definition) is 5. The first-order valence-electron chi connectivity index (χ1n) is 8.70. The van der Waals surface area contributed by atoms with Gasteiger partial charge in [0.2, 0.25) is 4.77 Å². The van der Waals surface area contributed by atoms with Crippen molar-refractivity contribution < 1.29 is 4.42 Å². The van der Waals surface area contributed by atoms with E-state index < -0.39 is 0 Å². The highest BCUT2D eigenvalue weighted by Crippen LogP contribution is 2.38. The van der Waals surface area contributed by atoms with Gasteiger partial charge >= 0.3 is 0 Å². The second-order valence-corrected chi connectivity index (χ2v) is 6.79. The van der Waals surface area contributed by atoms with Gasteiger partial charge in [0.25, 0.3) is 0 Å². The summed E-state index contributed by atoms with van der Waals surface area (Å²) in [7, 11) is 0. The largest absolute Gasteiger partial charge is 0.463 e. The molecule has 1 aliphatic rings. The molecule has 4 aromatic rings. The Bertz CT molecular complexity index is 1150. The highest BCUT2D eigenvalue weighted by molar-refractivity contribution is 7.71. The summed E-state index contributed by atoms with van der Waals surface area (Å²) in [6, 6.07) is 13.6. The lowest BCUT2D eigenvalue weighted by Crippen LogP contribution is -1.97. The standard InChI is InChI=1S/C19H16N6OS/c27-19-22-21-18(13-8-9-13)25(19)20-11-14-12-24(15-5-2-1-3-6-15)23-17(14)16-7-4-10-26-16/h1-7,10-13H,8-9H2,(H,22,27)/b20-11-. The molecule has 0 unspecified atom stereocenters. The molecule has 3 aromatic heterocycles. The van der Waals surface area contributed by atoms with Gasteiger partial charge in [-0.15, -0.1) is 0 Å². The van der Waals surface area contributed by atoms with Crippen molar-refractivity contribution in [2.75, 3.05) is 0 Å². The number of hydrogen-bond donors (Lipinski definition) is 1. The van der Waals surface area contributed by atoms with Crippen molar-refractivity contribution in [1.82, 2.24) is 24.7 Å². The Balaban J connectivity index is 1.58. The van der Waals surface area contributed by atoms with E-state index in [1.807, 2.05) is 53.3 Å². The number of benzene rings is 1. The first-order valence-corrected chi connectivity index (χ1v) is 9.11. The van der Waals surface area contributed by atoms with Gasteiger partial charge in [-0.2, -0.15) is 20.0 Å². The lowest BCUT2D eigenvalue weighted by molar-refractivity contribution is 0.579. The fourth-order valence-electron chi connectivity index (χ4n) is 2.94. The quantitative estimate of drug-likeness (QED) is 0.419. The second-order valence-electron chi connectivity index (χ2n) is 6.41. The van der Waals surface area contributed by atoms with Gasteiger partial charge in [-0.3, -0.25) is 5.10 Å². The zero-order valence-electron chi connectivity index (χ0n) is 14.3. The van der Waals surface area contributed by atoms with E-state index in [1.54, 1.807) is 17.2 Å². The summed E-state index contributed by atoms with van der Waals surface area (Å²) >= 11 is 5.32. The summed E-state index contributed by atoms with van der Waals surface area (Å²) in [5.74, 6) is 2.00. The molecule has 0 amide bonds. The highest BCUT2D eigenvalue weighted by atomic mass is 32.1. The molecule has 1 N–H and O–H groups in total. The third-order valence-corrected chi connectivity index (χ3v) is 4.71. The van der Waals surface area contributed by atoms with E-state index in [0.29, 0.717) is 16.4 Å². The minimum atomic E-state index is 0.437. The minimum absolute atomic E-state index is 0.437. The maximum Gasteiger partial charge on any atom is 0.216 e. The van der Waals surface area contributed by atoms with E-state index in [9.17, 15) is 0 Å². The van der Waals surface area contributed by atoms with Crippen LogP contribution in [0.25, 0.3) is 17.1 Å². The molecule has 0 aliphatic heterocycles. The van der Waals surface area contributed by atoms with Crippen LogP contribution in [0.1, 0.15) is 30.1 Å². The summed E-state index contributed by atoms with van der Waals surface area (Å²) in [4.78, 5) is 0. The van der Waals surface area contributed by atoms with Crippen LogP contribution in [0.3, 0.4) is 0 Å². The van der Waals surface area contributed by atoms with E-state index >= 15 is 0 Å². The Hall–Kier alpha value is -3.26. The maximum atomic E-state index is 5.56. The van der Waals surface area contributed by atoms with Crippen molar-refractivity contribution in [2.24, 2.45) is 5.10 Å². The molecule has 7 nitrogen and oxygen atoms in total. The molecule has 0 atom stereocenters. The number of para-hydroxylation sites is 1. The van der Waals surface area contributed by atoms with Gasteiger partial charge < -0.3 is 4.42 Å². The Morgan fingerprint density at radius 3 is 2.78 bits per heavy atom. The summed E-state index contributed by atoms with van der Waals surface area (Å²) < 4.78 is 9.56. The molecule has 0 bridgehead atoms. The van der Waals surface area contributed by atoms with Crippen molar-refractivity contribution in [3.8, 4) is 17.1 Å². The van der Waals surface area contributed by atoms with Gasteiger partial charge in [0.15, 0.2) is 11.6 Å². The van der Waals surface area contributed by atoms with Crippen LogP contribution in [0, 0.1) is 4.77 Å². The SMILES string of the molecule is S=c1[nH]nc(C2CC2)n1/N=C\c1cn(-c2ccccc2)nc1-c1ccco1. The number of nitrogens with zero attached hydrogens (tertiary/aromatic N) is 5. The molecule has 0 spiro atoms. The second kappa shape index (κ2) is 6.48. The van der Waals surface area contributed by atoms with Crippen LogP contribution in [0.15, 0.2) is 64.4 Å². The van der Waals surface area contributed by atoms with Gasteiger partial charge in [-0.25, -0.2) is 4.68 Å². The molecule has 1 fully saturated rings. The Kier molecular flexibility index (Phi) is 3.83. The molecule has 0 saturated heterocycles. The van der Waals surface area contributed by atoms with Gasteiger partial charge in [0.1, 0.15) is 5.69 Å². The number of furan rings is 1. The van der Waals surface area contributed by atoms with Gasteiger partial charge in [0.05, 0.1) is 18.2 Å². The molecule has 27 heavy (non-hydrogen) atoms. The topological polar surface area (TPSA) is 76.9 Å². The first-order chi connectivity index (χ1) is 13.3. The smallest absolute Gasteiger partial charge is 0.216 e. The van der Waals surface area contributed by atoms with Crippen LogP contribution < -0.4 is 0 Å². The third-order valence-electron chi connectivity index (χ3n) is 4.45. The molecular weight excluding hydrogens is 360 g/mol. The fourth-order valence-corrected chi connectivity index (χ4v) is 3.13. The Morgan fingerprint density at radius 1 is 1.19 bits per heavy atom. The van der Waals surface area contributed by atoms with Crippen molar-refractivity contribution >= 4 is 18.4 Å². The highest BCUT2D eigenvalue weighted by Gasteiger charge is 2.29. The van der Waals surface area contributed by atoms with Crippen molar-refractivity contribution in [1.29, 1.82) is 0 Å². The summed E-state index contributed by atoms with van der Waals surface area (Å²) in [5, 5.41) is 16.4. The van der Waals surface area contributed by atoms with E-state index in [1.165, 1.54) is 0 Å². The van der Waals surface area contributed by atoms with Crippen LogP contribution in [0.4, 0.5) is 0 Å². The van der Waals surface area contributed by atoms with Crippen LogP contribution in [0.2, 0.25) is 0 Å². The molecule has 1 saturated carbocycles. The van der Waals surface area contributed by atoms with E-state index in [0.717, 1.165) is 35.6 Å². The number of aromatic nitrogens is 5. The molecular formula is C19H16N6OS. The van der Waals surface area contributed by atoms with Crippen molar-refractivity contribution in [2.45, 2.75) is 18.8 Å². The van der Waals surface area contributed by atoms with Gasteiger partial charge in [0, 0.05) is 17.7 Å². The zero-order chi connectivity index (χ0) is 18.2. The monoisotopic (exact) mass is 376 g/mol. The molecule has 5 rings (SSSR count). The number of aromatic amines is 1. The maximum absolute atomic E-state index is 5.56. The van der Waals surface area contributed by atoms with Gasteiger partial charge in [-0.1, -0.05) is 18.2 Å². The molecule has 0 radical (unpaired) electrons. The minimum Gasteiger partial charge on any atom is -0.463 e. The fraction of sp³-hybridized carbons (Fsp3) is 0.158. The van der Waals surface area contributed by atoms with Crippen molar-refractivity contribution in [3.63, 3.8) is 0 Å². The summed E-state index contributed by atoms with van der Waals surface area (Å²) in [5.41, 5.74) is 2.51. The van der Waals surface area contributed by atoms with Crippen molar-refractivity contribution in [3.05, 3.63) is 71.1 Å². The van der Waals surface area contributed by atoms with Gasteiger partial charge in [-0.05, 0) is 49.3 Å². The third kappa shape index (κ3) is 3.04. The average Bonchev–Trinajstić information content (AvgIpc) is 3.09. The lowest BCUT2D eigenvalue weighted by atomic mass is 10.2. The molecule has 8 heteroatoms.